The van der Waals surface area contributed by atoms with Gasteiger partial charge in [0.15, 0.2) is 0 Å². The van der Waals surface area contributed by atoms with Crippen LogP contribution in [0.4, 0.5) is 0 Å². The highest BCUT2D eigenvalue weighted by Gasteiger charge is 2.27. The molecule has 104 valence electrons. The molecule has 1 heterocycles. The summed E-state index contributed by atoms with van der Waals surface area (Å²) >= 11 is 0. The van der Waals surface area contributed by atoms with Gasteiger partial charge in [-0.05, 0) is 30.5 Å². The molecule has 0 amide bonds. The van der Waals surface area contributed by atoms with Crippen molar-refractivity contribution in [1.82, 2.24) is 4.31 Å². The third-order valence-electron chi connectivity index (χ3n) is 3.23. The fraction of sp³-hybridized carbons (Fsp3) is 0.462. The van der Waals surface area contributed by atoms with Gasteiger partial charge in [0.1, 0.15) is 0 Å². The van der Waals surface area contributed by atoms with Crippen molar-refractivity contribution in [1.29, 1.82) is 0 Å². The number of benzene rings is 1. The van der Waals surface area contributed by atoms with Crippen molar-refractivity contribution in [2.75, 3.05) is 26.0 Å². The number of methoxy groups -OCH3 is 1. The number of carbonyl (C=O) groups excluding carboxylic acids is 1. The van der Waals surface area contributed by atoms with E-state index in [4.69, 9.17) is 0 Å². The molecule has 0 bridgehead atoms. The molecule has 0 N–H and O–H groups in total. The maximum Gasteiger partial charge on any atom is 0.337 e. The Morgan fingerprint density at radius 2 is 2.00 bits per heavy atom. The van der Waals surface area contributed by atoms with Crippen LogP contribution in [-0.2, 0) is 21.2 Å². The minimum Gasteiger partial charge on any atom is -0.465 e. The van der Waals surface area contributed by atoms with Gasteiger partial charge in [-0.2, -0.15) is 0 Å². The minimum absolute atomic E-state index is 0.258. The van der Waals surface area contributed by atoms with E-state index in [9.17, 15) is 13.2 Å². The number of hydrogen-bond donors (Lipinski definition) is 0. The van der Waals surface area contributed by atoms with Gasteiger partial charge in [-0.3, -0.25) is 0 Å². The lowest BCUT2D eigenvalue weighted by molar-refractivity contribution is 0.0600. The van der Waals surface area contributed by atoms with Gasteiger partial charge in [0.2, 0.25) is 10.0 Å². The van der Waals surface area contributed by atoms with Crippen LogP contribution in [0.5, 0.6) is 0 Å². The van der Waals surface area contributed by atoms with Gasteiger partial charge in [0.25, 0.3) is 0 Å². The Morgan fingerprint density at radius 3 is 2.53 bits per heavy atom. The fourth-order valence-corrected chi connectivity index (χ4v) is 3.65. The van der Waals surface area contributed by atoms with E-state index in [2.05, 4.69) is 4.74 Å². The van der Waals surface area contributed by atoms with E-state index < -0.39 is 10.0 Å². The van der Waals surface area contributed by atoms with Crippen molar-refractivity contribution >= 4 is 16.0 Å². The number of nitrogens with zero attached hydrogens (tertiary/aromatic N) is 1. The molecule has 6 heteroatoms. The Labute approximate surface area is 113 Å². The summed E-state index contributed by atoms with van der Waals surface area (Å²) in [7, 11) is -1.68. The van der Waals surface area contributed by atoms with Crippen LogP contribution in [0.15, 0.2) is 24.3 Å². The Morgan fingerprint density at radius 1 is 1.32 bits per heavy atom. The van der Waals surface area contributed by atoms with Crippen LogP contribution in [0.2, 0.25) is 0 Å². The van der Waals surface area contributed by atoms with Crippen LogP contribution in [-0.4, -0.2) is 44.6 Å². The molecule has 1 aromatic carbocycles. The van der Waals surface area contributed by atoms with Gasteiger partial charge in [0, 0.05) is 13.1 Å². The molecule has 0 aromatic heterocycles. The van der Waals surface area contributed by atoms with Crippen molar-refractivity contribution in [3.63, 3.8) is 0 Å². The van der Waals surface area contributed by atoms with Crippen molar-refractivity contribution in [3.8, 4) is 0 Å². The SMILES string of the molecule is COC(=O)c1ccc(CCN2CCCS2(=O)=O)cc1. The topological polar surface area (TPSA) is 63.7 Å². The maximum atomic E-state index is 11.6. The van der Waals surface area contributed by atoms with E-state index >= 15 is 0 Å². The number of esters is 1. The molecule has 1 aromatic rings. The van der Waals surface area contributed by atoms with E-state index in [-0.39, 0.29) is 11.7 Å². The highest BCUT2D eigenvalue weighted by molar-refractivity contribution is 7.89. The minimum atomic E-state index is -3.02. The van der Waals surface area contributed by atoms with Crippen molar-refractivity contribution < 1.29 is 17.9 Å². The normalized spacial score (nSPS) is 18.4. The molecule has 2 rings (SSSR count). The van der Waals surface area contributed by atoms with E-state index in [1.165, 1.54) is 11.4 Å². The molecule has 0 spiro atoms. The first-order valence-electron chi connectivity index (χ1n) is 6.18. The lowest BCUT2D eigenvalue weighted by atomic mass is 10.1. The molecule has 1 fully saturated rings. The second-order valence-corrected chi connectivity index (χ2v) is 6.60. The molecule has 1 saturated heterocycles. The quantitative estimate of drug-likeness (QED) is 0.775. The average Bonchev–Trinajstić information content (AvgIpc) is 2.75. The highest BCUT2D eigenvalue weighted by Crippen LogP contribution is 2.14. The molecule has 0 saturated carbocycles. The summed E-state index contributed by atoms with van der Waals surface area (Å²) in [5, 5.41) is 0. The summed E-state index contributed by atoms with van der Waals surface area (Å²) in [5.74, 6) is -0.109. The molecule has 1 aliphatic heterocycles. The lowest BCUT2D eigenvalue weighted by Gasteiger charge is -2.13. The fourth-order valence-electron chi connectivity index (χ4n) is 2.12. The lowest BCUT2D eigenvalue weighted by Crippen LogP contribution is -2.27. The molecule has 0 unspecified atom stereocenters. The summed E-state index contributed by atoms with van der Waals surface area (Å²) in [6.45, 7) is 1.11. The highest BCUT2D eigenvalue weighted by atomic mass is 32.2. The van der Waals surface area contributed by atoms with Crippen molar-refractivity contribution in [3.05, 3.63) is 35.4 Å². The van der Waals surface area contributed by atoms with E-state index in [1.54, 1.807) is 12.1 Å². The number of ether oxygens (including phenoxy) is 1. The maximum absolute atomic E-state index is 11.6. The molecule has 5 nitrogen and oxygen atoms in total. The van der Waals surface area contributed by atoms with E-state index in [0.717, 1.165) is 5.56 Å². The van der Waals surface area contributed by atoms with Gasteiger partial charge in [0.05, 0.1) is 18.4 Å². The average molecular weight is 283 g/mol. The van der Waals surface area contributed by atoms with E-state index in [1.807, 2.05) is 12.1 Å². The van der Waals surface area contributed by atoms with Gasteiger partial charge in [-0.1, -0.05) is 12.1 Å². The first-order chi connectivity index (χ1) is 9.03. The van der Waals surface area contributed by atoms with E-state index in [0.29, 0.717) is 31.5 Å². The van der Waals surface area contributed by atoms with Crippen LogP contribution in [0.3, 0.4) is 0 Å². The standard InChI is InChI=1S/C13H17NO4S/c1-18-13(15)12-5-3-11(4-6-12)7-9-14-8-2-10-19(14,16)17/h3-6H,2,7-10H2,1H3. The third-order valence-corrected chi connectivity index (χ3v) is 5.18. The number of hydrogen-bond acceptors (Lipinski definition) is 4. The summed E-state index contributed by atoms with van der Waals surface area (Å²) in [5.41, 5.74) is 1.51. The molecular weight excluding hydrogens is 266 g/mol. The van der Waals surface area contributed by atoms with Crippen LogP contribution < -0.4 is 0 Å². The Hall–Kier alpha value is -1.40. The van der Waals surface area contributed by atoms with Gasteiger partial charge in [-0.25, -0.2) is 17.5 Å². The summed E-state index contributed by atoms with van der Waals surface area (Å²) in [6, 6.07) is 7.04. The molecule has 0 atom stereocenters. The predicted molar refractivity (Wildman–Crippen MR) is 71.5 cm³/mol. The van der Waals surface area contributed by atoms with Gasteiger partial charge >= 0.3 is 5.97 Å². The first kappa shape index (κ1) is 14.0. The third kappa shape index (κ3) is 3.33. The summed E-state index contributed by atoms with van der Waals surface area (Å²) < 4.78 is 29.4. The molecular formula is C13H17NO4S. The second kappa shape index (κ2) is 5.71. The van der Waals surface area contributed by atoms with Crippen LogP contribution in [0, 0.1) is 0 Å². The molecule has 0 aliphatic carbocycles. The van der Waals surface area contributed by atoms with Crippen LogP contribution in [0.1, 0.15) is 22.3 Å². The zero-order valence-corrected chi connectivity index (χ0v) is 11.6. The van der Waals surface area contributed by atoms with Crippen LogP contribution >= 0.6 is 0 Å². The summed E-state index contributed by atoms with van der Waals surface area (Å²) in [4.78, 5) is 11.3. The Bertz CT molecular complexity index is 551. The Balaban J connectivity index is 1.95. The zero-order chi connectivity index (χ0) is 13.9. The predicted octanol–water partition coefficient (Wildman–Crippen LogP) is 1.05. The number of rotatable bonds is 4. The van der Waals surface area contributed by atoms with Gasteiger partial charge in [-0.15, -0.1) is 0 Å². The molecule has 1 aliphatic rings. The molecule has 0 radical (unpaired) electrons. The second-order valence-electron chi connectivity index (χ2n) is 4.51. The first-order valence-corrected chi connectivity index (χ1v) is 7.79. The largest absolute Gasteiger partial charge is 0.465 e. The number of carbonyl (C=O) groups is 1. The zero-order valence-electron chi connectivity index (χ0n) is 10.8. The van der Waals surface area contributed by atoms with Crippen LogP contribution in [0.25, 0.3) is 0 Å². The Kier molecular flexibility index (Phi) is 4.21. The van der Waals surface area contributed by atoms with Gasteiger partial charge < -0.3 is 4.74 Å². The summed E-state index contributed by atoms with van der Waals surface area (Å²) in [6.07, 6.45) is 1.37. The van der Waals surface area contributed by atoms with Crippen molar-refractivity contribution in [2.45, 2.75) is 12.8 Å². The molecule has 19 heavy (non-hydrogen) atoms. The monoisotopic (exact) mass is 283 g/mol. The number of sulfonamides is 1. The smallest absolute Gasteiger partial charge is 0.337 e. The van der Waals surface area contributed by atoms with Crippen molar-refractivity contribution in [2.24, 2.45) is 0 Å².